The summed E-state index contributed by atoms with van der Waals surface area (Å²) in [4.78, 5) is 2.39. The van der Waals surface area contributed by atoms with Crippen LogP contribution in [-0.4, -0.2) is 37.7 Å². The third-order valence-electron chi connectivity index (χ3n) is 2.80. The average molecular weight is 221 g/mol. The smallest absolute Gasteiger partial charge is 0.0594 e. The van der Waals surface area contributed by atoms with Gasteiger partial charge in [0, 0.05) is 13.1 Å². The first-order valence-corrected chi connectivity index (χ1v) is 6.20. The highest BCUT2D eigenvalue weighted by Crippen LogP contribution is 1.96. The lowest BCUT2D eigenvalue weighted by atomic mass is 10.2. The third kappa shape index (κ3) is 5.29. The van der Waals surface area contributed by atoms with E-state index in [4.69, 9.17) is 4.74 Å². The highest BCUT2D eigenvalue weighted by atomic mass is 16.5. The quantitative estimate of drug-likeness (QED) is 0.761. The van der Waals surface area contributed by atoms with Crippen molar-refractivity contribution in [2.75, 3.05) is 32.8 Å². The Morgan fingerprint density at radius 1 is 1.06 bits per heavy atom. The first-order chi connectivity index (χ1) is 7.86. The van der Waals surface area contributed by atoms with Crippen molar-refractivity contribution >= 4 is 0 Å². The minimum absolute atomic E-state index is 0.924. The largest absolute Gasteiger partial charge is 0.379 e. The molecule has 0 N–H and O–H groups in total. The van der Waals surface area contributed by atoms with E-state index in [0.717, 1.165) is 32.7 Å². The molecule has 0 atom stereocenters. The van der Waals surface area contributed by atoms with E-state index in [9.17, 15) is 0 Å². The second-order valence-electron chi connectivity index (χ2n) is 3.89. The Bertz CT molecular complexity index is 255. The summed E-state index contributed by atoms with van der Waals surface area (Å²) in [6.45, 7) is 9.61. The maximum Gasteiger partial charge on any atom is 0.0594 e. The summed E-state index contributed by atoms with van der Waals surface area (Å²) in [7, 11) is 0. The topological polar surface area (TPSA) is 12.5 Å². The van der Waals surface area contributed by atoms with E-state index < -0.39 is 0 Å². The fourth-order valence-corrected chi connectivity index (χ4v) is 1.63. The van der Waals surface area contributed by atoms with Crippen molar-refractivity contribution in [1.82, 2.24) is 4.90 Å². The van der Waals surface area contributed by atoms with Crippen LogP contribution in [0.5, 0.6) is 0 Å². The van der Waals surface area contributed by atoms with Gasteiger partial charge >= 0.3 is 0 Å². The second-order valence-corrected chi connectivity index (χ2v) is 3.89. The molecule has 1 aliphatic heterocycles. The SMILES string of the molecule is CCN1CCOCC1.CCc1ccccc1. The first kappa shape index (κ1) is 13.2. The van der Waals surface area contributed by atoms with E-state index in [1.54, 1.807) is 0 Å². The van der Waals surface area contributed by atoms with Gasteiger partial charge in [0.15, 0.2) is 0 Å². The molecule has 0 radical (unpaired) electrons. The molecular weight excluding hydrogens is 198 g/mol. The van der Waals surface area contributed by atoms with E-state index in [1.165, 1.54) is 12.1 Å². The Balaban J connectivity index is 0.000000160. The highest BCUT2D eigenvalue weighted by Gasteiger charge is 2.05. The van der Waals surface area contributed by atoms with Crippen LogP contribution in [0.4, 0.5) is 0 Å². The summed E-state index contributed by atoms with van der Waals surface area (Å²) in [5.74, 6) is 0. The lowest BCUT2D eigenvalue weighted by molar-refractivity contribution is 0.0405. The van der Waals surface area contributed by atoms with Gasteiger partial charge in [-0.05, 0) is 18.5 Å². The van der Waals surface area contributed by atoms with Gasteiger partial charge in [0.25, 0.3) is 0 Å². The van der Waals surface area contributed by atoms with Crippen LogP contribution in [0.15, 0.2) is 30.3 Å². The van der Waals surface area contributed by atoms with Crippen molar-refractivity contribution in [2.45, 2.75) is 20.3 Å². The maximum atomic E-state index is 5.16. The zero-order valence-electron chi connectivity index (χ0n) is 10.5. The van der Waals surface area contributed by atoms with Crippen molar-refractivity contribution in [1.29, 1.82) is 0 Å². The fourth-order valence-electron chi connectivity index (χ4n) is 1.63. The molecular formula is C14H23NO. The molecule has 2 rings (SSSR count). The number of hydrogen-bond donors (Lipinski definition) is 0. The van der Waals surface area contributed by atoms with Crippen molar-refractivity contribution in [3.8, 4) is 0 Å². The number of morpholine rings is 1. The van der Waals surface area contributed by atoms with Crippen LogP contribution in [0.1, 0.15) is 19.4 Å². The van der Waals surface area contributed by atoms with E-state index in [0.29, 0.717) is 0 Å². The summed E-state index contributed by atoms with van der Waals surface area (Å²) >= 11 is 0. The number of rotatable bonds is 2. The minimum Gasteiger partial charge on any atom is -0.379 e. The van der Waals surface area contributed by atoms with Gasteiger partial charge in [0.2, 0.25) is 0 Å². The molecule has 90 valence electrons. The maximum absolute atomic E-state index is 5.16. The number of nitrogens with zero attached hydrogens (tertiary/aromatic N) is 1. The molecule has 0 aromatic heterocycles. The Kier molecular flexibility index (Phi) is 6.86. The number of hydrogen-bond acceptors (Lipinski definition) is 2. The molecule has 0 spiro atoms. The third-order valence-corrected chi connectivity index (χ3v) is 2.80. The molecule has 0 bridgehead atoms. The van der Waals surface area contributed by atoms with E-state index in [1.807, 2.05) is 6.07 Å². The van der Waals surface area contributed by atoms with E-state index in [-0.39, 0.29) is 0 Å². The molecule has 1 fully saturated rings. The minimum atomic E-state index is 0.924. The van der Waals surface area contributed by atoms with E-state index in [2.05, 4.69) is 43.0 Å². The van der Waals surface area contributed by atoms with Crippen LogP contribution < -0.4 is 0 Å². The molecule has 1 saturated heterocycles. The highest BCUT2D eigenvalue weighted by molar-refractivity contribution is 5.13. The lowest BCUT2D eigenvalue weighted by Gasteiger charge is -2.24. The van der Waals surface area contributed by atoms with Crippen LogP contribution >= 0.6 is 0 Å². The normalized spacial score (nSPS) is 16.4. The van der Waals surface area contributed by atoms with Gasteiger partial charge in [-0.3, -0.25) is 4.90 Å². The molecule has 1 aromatic carbocycles. The van der Waals surface area contributed by atoms with Crippen molar-refractivity contribution < 1.29 is 4.74 Å². The van der Waals surface area contributed by atoms with Crippen molar-refractivity contribution in [3.63, 3.8) is 0 Å². The van der Waals surface area contributed by atoms with Crippen LogP contribution in [0.3, 0.4) is 0 Å². The Morgan fingerprint density at radius 3 is 2.06 bits per heavy atom. The van der Waals surface area contributed by atoms with Gasteiger partial charge in [0.05, 0.1) is 13.2 Å². The molecule has 16 heavy (non-hydrogen) atoms. The molecule has 0 aliphatic carbocycles. The molecule has 2 nitrogen and oxygen atoms in total. The fraction of sp³-hybridized carbons (Fsp3) is 0.571. The standard InChI is InChI=1S/C8H10.C6H13NO/c1-2-8-6-4-3-5-7-8;1-2-7-3-5-8-6-4-7/h3-7H,2H2,1H3;2-6H2,1H3. The number of benzene rings is 1. The molecule has 1 aromatic rings. The molecule has 0 amide bonds. The molecule has 1 heterocycles. The Hall–Kier alpha value is -0.860. The van der Waals surface area contributed by atoms with Gasteiger partial charge in [-0.1, -0.05) is 44.2 Å². The number of aryl methyl sites for hydroxylation is 1. The summed E-state index contributed by atoms with van der Waals surface area (Å²) in [6.07, 6.45) is 1.14. The molecule has 0 saturated carbocycles. The Morgan fingerprint density at radius 2 is 1.69 bits per heavy atom. The number of ether oxygens (including phenoxy) is 1. The predicted octanol–water partition coefficient (Wildman–Crippen LogP) is 2.59. The summed E-state index contributed by atoms with van der Waals surface area (Å²) in [5.41, 5.74) is 1.41. The van der Waals surface area contributed by atoms with Gasteiger partial charge in [-0.15, -0.1) is 0 Å². The monoisotopic (exact) mass is 221 g/mol. The van der Waals surface area contributed by atoms with Crippen LogP contribution in [0.2, 0.25) is 0 Å². The molecule has 2 heteroatoms. The molecule has 0 unspecified atom stereocenters. The zero-order valence-corrected chi connectivity index (χ0v) is 10.5. The van der Waals surface area contributed by atoms with Gasteiger partial charge in [0.1, 0.15) is 0 Å². The van der Waals surface area contributed by atoms with Crippen LogP contribution in [-0.2, 0) is 11.2 Å². The number of likely N-dealkylation sites (N-methyl/N-ethyl adjacent to an activating group) is 1. The van der Waals surface area contributed by atoms with E-state index >= 15 is 0 Å². The second kappa shape index (κ2) is 8.31. The van der Waals surface area contributed by atoms with Crippen molar-refractivity contribution in [3.05, 3.63) is 35.9 Å². The summed E-state index contributed by atoms with van der Waals surface area (Å²) < 4.78 is 5.16. The lowest BCUT2D eigenvalue weighted by Crippen LogP contribution is -2.35. The summed E-state index contributed by atoms with van der Waals surface area (Å²) in [5, 5.41) is 0. The van der Waals surface area contributed by atoms with Gasteiger partial charge < -0.3 is 4.74 Å². The van der Waals surface area contributed by atoms with Gasteiger partial charge in [-0.2, -0.15) is 0 Å². The molecule has 1 aliphatic rings. The van der Waals surface area contributed by atoms with Gasteiger partial charge in [-0.25, -0.2) is 0 Å². The Labute approximate surface area is 99.2 Å². The zero-order chi connectivity index (χ0) is 11.6. The first-order valence-electron chi connectivity index (χ1n) is 6.20. The average Bonchev–Trinajstić information content (AvgIpc) is 2.41. The summed E-state index contributed by atoms with van der Waals surface area (Å²) in [6, 6.07) is 10.5. The van der Waals surface area contributed by atoms with Crippen molar-refractivity contribution in [2.24, 2.45) is 0 Å². The van der Waals surface area contributed by atoms with Crippen LogP contribution in [0.25, 0.3) is 0 Å². The van der Waals surface area contributed by atoms with Crippen LogP contribution in [0, 0.1) is 0 Å². The predicted molar refractivity (Wildman–Crippen MR) is 68.8 cm³/mol.